The van der Waals surface area contributed by atoms with Crippen LogP contribution in [0.15, 0.2) is 53.4 Å². The fourth-order valence-corrected chi connectivity index (χ4v) is 5.04. The molecular formula is C20H24ClN3O3S. The van der Waals surface area contributed by atoms with Gasteiger partial charge in [0.05, 0.1) is 11.1 Å². The van der Waals surface area contributed by atoms with Crippen LogP contribution >= 0.6 is 11.6 Å². The van der Waals surface area contributed by atoms with E-state index in [1.54, 1.807) is 6.07 Å². The highest BCUT2D eigenvalue weighted by Crippen LogP contribution is 2.27. The van der Waals surface area contributed by atoms with Gasteiger partial charge in [0.25, 0.3) is 5.91 Å². The molecule has 0 saturated carbocycles. The van der Waals surface area contributed by atoms with E-state index in [9.17, 15) is 13.2 Å². The number of nitrogens with zero attached hydrogens (tertiary/aromatic N) is 2. The van der Waals surface area contributed by atoms with Gasteiger partial charge in [0, 0.05) is 31.7 Å². The van der Waals surface area contributed by atoms with Crippen molar-refractivity contribution in [1.29, 1.82) is 0 Å². The van der Waals surface area contributed by atoms with E-state index in [4.69, 9.17) is 11.6 Å². The number of likely N-dealkylation sites (N-methyl/N-ethyl adjacent to an activating group) is 1. The van der Waals surface area contributed by atoms with Gasteiger partial charge in [-0.25, -0.2) is 8.42 Å². The summed E-state index contributed by atoms with van der Waals surface area (Å²) in [5.41, 5.74) is 1.23. The predicted molar refractivity (Wildman–Crippen MR) is 110 cm³/mol. The summed E-state index contributed by atoms with van der Waals surface area (Å²) in [5.74, 6) is -0.345. The normalized spacial score (nSPS) is 17.2. The Morgan fingerprint density at radius 3 is 2.36 bits per heavy atom. The molecule has 0 aliphatic carbocycles. The van der Waals surface area contributed by atoms with Gasteiger partial charge in [-0.2, -0.15) is 4.31 Å². The number of benzene rings is 2. The van der Waals surface area contributed by atoms with Crippen molar-refractivity contribution in [2.75, 3.05) is 33.2 Å². The van der Waals surface area contributed by atoms with Crippen LogP contribution in [0, 0.1) is 0 Å². The van der Waals surface area contributed by atoms with Gasteiger partial charge in [0.15, 0.2) is 0 Å². The molecule has 1 saturated heterocycles. The smallest absolute Gasteiger partial charge is 0.251 e. The lowest BCUT2D eigenvalue weighted by Crippen LogP contribution is -2.47. The predicted octanol–water partition coefficient (Wildman–Crippen LogP) is 2.77. The molecule has 150 valence electrons. The lowest BCUT2D eigenvalue weighted by molar-refractivity contribution is 0.0939. The lowest BCUT2D eigenvalue weighted by Gasteiger charge is -2.31. The third kappa shape index (κ3) is 4.55. The average molecular weight is 422 g/mol. The molecule has 0 bridgehead atoms. The molecule has 0 unspecified atom stereocenters. The van der Waals surface area contributed by atoms with E-state index in [1.807, 2.05) is 44.3 Å². The summed E-state index contributed by atoms with van der Waals surface area (Å²) in [6, 6.07) is 13.7. The molecular weight excluding hydrogens is 398 g/mol. The molecule has 1 heterocycles. The number of rotatable bonds is 5. The van der Waals surface area contributed by atoms with Crippen LogP contribution in [0.3, 0.4) is 0 Å². The van der Waals surface area contributed by atoms with Gasteiger partial charge in [0.2, 0.25) is 10.0 Å². The third-order valence-electron chi connectivity index (χ3n) is 4.92. The van der Waals surface area contributed by atoms with Crippen LogP contribution in [0.2, 0.25) is 5.02 Å². The topological polar surface area (TPSA) is 69.7 Å². The maximum absolute atomic E-state index is 13.0. The maximum Gasteiger partial charge on any atom is 0.251 e. The first-order valence-electron chi connectivity index (χ1n) is 9.13. The van der Waals surface area contributed by atoms with Crippen LogP contribution in [0.25, 0.3) is 0 Å². The minimum absolute atomic E-state index is 0.0290. The summed E-state index contributed by atoms with van der Waals surface area (Å²) in [6.45, 7) is 4.00. The number of hydrogen-bond donors (Lipinski definition) is 1. The second kappa shape index (κ2) is 8.61. The van der Waals surface area contributed by atoms with Gasteiger partial charge >= 0.3 is 0 Å². The Labute approximate surface area is 171 Å². The highest BCUT2D eigenvalue weighted by molar-refractivity contribution is 7.89. The molecule has 1 aliphatic heterocycles. The van der Waals surface area contributed by atoms with Crippen LogP contribution in [0.4, 0.5) is 0 Å². The number of carbonyl (C=O) groups is 1. The van der Waals surface area contributed by atoms with Crippen LogP contribution in [-0.4, -0.2) is 56.8 Å². The van der Waals surface area contributed by atoms with Crippen molar-refractivity contribution in [3.8, 4) is 0 Å². The second-order valence-corrected chi connectivity index (χ2v) is 9.27. The standard InChI is InChI=1S/C20H24ClN3O3S/c1-15(16-6-4-3-5-7-16)22-20(25)17-8-9-18(21)19(14-17)28(26,27)24-12-10-23(2)11-13-24/h3-9,14-15H,10-13H2,1-2H3,(H,22,25)/t15-/m0/s1. The highest BCUT2D eigenvalue weighted by atomic mass is 35.5. The fourth-order valence-electron chi connectivity index (χ4n) is 3.11. The van der Waals surface area contributed by atoms with Crippen molar-refractivity contribution in [3.63, 3.8) is 0 Å². The van der Waals surface area contributed by atoms with E-state index in [0.717, 1.165) is 5.56 Å². The molecule has 1 atom stereocenters. The zero-order chi connectivity index (χ0) is 20.3. The molecule has 1 fully saturated rings. The van der Waals surface area contributed by atoms with Crippen LogP contribution in [-0.2, 0) is 10.0 Å². The van der Waals surface area contributed by atoms with E-state index in [0.29, 0.717) is 26.2 Å². The molecule has 1 N–H and O–H groups in total. The van der Waals surface area contributed by atoms with Crippen LogP contribution in [0.1, 0.15) is 28.9 Å². The molecule has 1 aliphatic rings. The molecule has 8 heteroatoms. The lowest BCUT2D eigenvalue weighted by atomic mass is 10.1. The van der Waals surface area contributed by atoms with Crippen molar-refractivity contribution >= 4 is 27.5 Å². The Morgan fingerprint density at radius 2 is 1.71 bits per heavy atom. The first-order chi connectivity index (χ1) is 13.3. The molecule has 2 aromatic rings. The van der Waals surface area contributed by atoms with Crippen molar-refractivity contribution in [2.24, 2.45) is 0 Å². The minimum Gasteiger partial charge on any atom is -0.346 e. The van der Waals surface area contributed by atoms with Gasteiger partial charge in [0.1, 0.15) is 4.90 Å². The molecule has 3 rings (SSSR count). The third-order valence-corrected chi connectivity index (χ3v) is 7.30. The van der Waals surface area contributed by atoms with E-state index in [2.05, 4.69) is 10.2 Å². The monoisotopic (exact) mass is 421 g/mol. The second-order valence-electron chi connectivity index (χ2n) is 6.96. The zero-order valence-corrected chi connectivity index (χ0v) is 17.5. The summed E-state index contributed by atoms with van der Waals surface area (Å²) in [6.07, 6.45) is 0. The Morgan fingerprint density at radius 1 is 1.07 bits per heavy atom. The fraction of sp³-hybridized carbons (Fsp3) is 0.350. The molecule has 1 amide bonds. The first kappa shape index (κ1) is 20.8. The van der Waals surface area contributed by atoms with Crippen LogP contribution in [0.5, 0.6) is 0 Å². The van der Waals surface area contributed by atoms with Gasteiger partial charge in [-0.05, 0) is 37.7 Å². The highest BCUT2D eigenvalue weighted by Gasteiger charge is 2.30. The van der Waals surface area contributed by atoms with Crippen LogP contribution < -0.4 is 5.32 Å². The number of piperazine rings is 1. The van der Waals surface area contributed by atoms with E-state index in [-0.39, 0.29) is 27.4 Å². The Kier molecular flexibility index (Phi) is 6.40. The summed E-state index contributed by atoms with van der Waals surface area (Å²) in [5, 5.41) is 3.02. The van der Waals surface area contributed by atoms with E-state index < -0.39 is 10.0 Å². The number of carbonyl (C=O) groups excluding carboxylic acids is 1. The van der Waals surface area contributed by atoms with Gasteiger partial charge in [-0.1, -0.05) is 41.9 Å². The Bertz CT molecular complexity index is 942. The summed E-state index contributed by atoms with van der Waals surface area (Å²) in [7, 11) is -1.80. The van der Waals surface area contributed by atoms with Gasteiger partial charge < -0.3 is 10.2 Å². The largest absolute Gasteiger partial charge is 0.346 e. The SMILES string of the molecule is C[C@H](NC(=O)c1ccc(Cl)c(S(=O)(=O)N2CCN(C)CC2)c1)c1ccccc1. The number of amides is 1. The quantitative estimate of drug-likeness (QED) is 0.805. The summed E-state index contributed by atoms with van der Waals surface area (Å²) >= 11 is 6.19. The first-order valence-corrected chi connectivity index (χ1v) is 10.9. The van der Waals surface area contributed by atoms with E-state index >= 15 is 0 Å². The molecule has 0 aromatic heterocycles. The maximum atomic E-state index is 13.0. The minimum atomic E-state index is -3.76. The molecule has 6 nitrogen and oxygen atoms in total. The number of hydrogen-bond acceptors (Lipinski definition) is 4. The number of sulfonamides is 1. The summed E-state index contributed by atoms with van der Waals surface area (Å²) < 4.78 is 27.5. The van der Waals surface area contributed by atoms with E-state index in [1.165, 1.54) is 16.4 Å². The molecule has 2 aromatic carbocycles. The molecule has 0 radical (unpaired) electrons. The number of nitrogens with one attached hydrogen (secondary N) is 1. The van der Waals surface area contributed by atoms with Crippen molar-refractivity contribution in [3.05, 3.63) is 64.7 Å². The van der Waals surface area contributed by atoms with Crippen molar-refractivity contribution in [2.45, 2.75) is 17.9 Å². The Balaban J connectivity index is 1.82. The molecule has 0 spiro atoms. The summed E-state index contributed by atoms with van der Waals surface area (Å²) in [4.78, 5) is 14.7. The average Bonchev–Trinajstić information content (AvgIpc) is 2.69. The van der Waals surface area contributed by atoms with Gasteiger partial charge in [-0.15, -0.1) is 0 Å². The van der Waals surface area contributed by atoms with Gasteiger partial charge in [-0.3, -0.25) is 4.79 Å². The van der Waals surface area contributed by atoms with Crippen molar-refractivity contribution in [1.82, 2.24) is 14.5 Å². The number of halogens is 1. The van der Waals surface area contributed by atoms with Crippen molar-refractivity contribution < 1.29 is 13.2 Å². The Hall–Kier alpha value is -1.93. The molecule has 28 heavy (non-hydrogen) atoms. The zero-order valence-electron chi connectivity index (χ0n) is 15.9.